The quantitative estimate of drug-likeness (QED) is 0.646. The van der Waals surface area contributed by atoms with Crippen LogP contribution in [0, 0.1) is 0 Å². The Bertz CT molecular complexity index is 492. The summed E-state index contributed by atoms with van der Waals surface area (Å²) in [5.74, 6) is 0. The van der Waals surface area contributed by atoms with Gasteiger partial charge in [0.2, 0.25) is 0 Å². The molecule has 2 aromatic rings. The largest absolute Gasteiger partial charge is 0.0991 e. The lowest BCUT2D eigenvalue weighted by Crippen LogP contribution is -1.81. The Morgan fingerprint density at radius 2 is 1.50 bits per heavy atom. The Hall–Kier alpha value is -2.08. The van der Waals surface area contributed by atoms with E-state index in [2.05, 4.69) is 61.2 Å². The van der Waals surface area contributed by atoms with E-state index in [1.165, 1.54) is 16.7 Å². The van der Waals surface area contributed by atoms with Crippen LogP contribution in [0.2, 0.25) is 0 Å². The van der Waals surface area contributed by atoms with Gasteiger partial charge in [-0.15, -0.1) is 0 Å². The number of rotatable bonds is 3. The summed E-state index contributed by atoms with van der Waals surface area (Å²) in [5, 5.41) is 0. The van der Waals surface area contributed by atoms with Crippen LogP contribution < -0.4 is 0 Å². The van der Waals surface area contributed by atoms with E-state index in [9.17, 15) is 0 Å². The van der Waals surface area contributed by atoms with Crippen molar-refractivity contribution >= 4 is 6.08 Å². The van der Waals surface area contributed by atoms with Crippen molar-refractivity contribution in [1.29, 1.82) is 0 Å². The van der Waals surface area contributed by atoms with E-state index < -0.39 is 0 Å². The van der Waals surface area contributed by atoms with Crippen molar-refractivity contribution in [1.82, 2.24) is 0 Å². The van der Waals surface area contributed by atoms with E-state index in [4.69, 9.17) is 0 Å². The van der Waals surface area contributed by atoms with Crippen molar-refractivity contribution in [2.45, 2.75) is 0 Å². The van der Waals surface area contributed by atoms with E-state index in [1.807, 2.05) is 12.1 Å². The first-order valence-electron chi connectivity index (χ1n) is 5.35. The molecule has 0 nitrogen and oxygen atoms in total. The average Bonchev–Trinajstić information content (AvgIpc) is 2.38. The van der Waals surface area contributed by atoms with Gasteiger partial charge in [0, 0.05) is 0 Å². The van der Waals surface area contributed by atoms with Crippen LogP contribution in [-0.2, 0) is 0 Å². The zero-order valence-electron chi connectivity index (χ0n) is 9.14. The van der Waals surface area contributed by atoms with Gasteiger partial charge >= 0.3 is 0 Å². The Kier molecular flexibility index (Phi) is 3.35. The fourth-order valence-corrected chi connectivity index (χ4v) is 1.69. The monoisotopic (exact) mass is 206 g/mol. The summed E-state index contributed by atoms with van der Waals surface area (Å²) in [4.78, 5) is 0. The lowest BCUT2D eigenvalue weighted by atomic mass is 9.99. The Morgan fingerprint density at radius 3 is 2.25 bits per heavy atom. The average molecular weight is 206 g/mol. The summed E-state index contributed by atoms with van der Waals surface area (Å²) in [6.45, 7) is 3.69. The predicted molar refractivity (Wildman–Crippen MR) is 71.1 cm³/mol. The smallest absolute Gasteiger partial charge is 0.0111 e. The molecule has 0 saturated carbocycles. The van der Waals surface area contributed by atoms with Gasteiger partial charge in [-0.2, -0.15) is 0 Å². The Morgan fingerprint density at radius 1 is 0.812 bits per heavy atom. The zero-order valence-corrected chi connectivity index (χ0v) is 9.14. The van der Waals surface area contributed by atoms with Crippen LogP contribution in [-0.4, -0.2) is 0 Å². The molecule has 0 spiro atoms. The van der Waals surface area contributed by atoms with E-state index >= 15 is 0 Å². The molecule has 78 valence electrons. The predicted octanol–water partition coefficient (Wildman–Crippen LogP) is 4.55. The van der Waals surface area contributed by atoms with Crippen molar-refractivity contribution in [3.63, 3.8) is 0 Å². The highest BCUT2D eigenvalue weighted by Crippen LogP contribution is 2.24. The molecule has 0 heteroatoms. The molecule has 0 atom stereocenters. The normalized spacial score (nSPS) is 10.5. The van der Waals surface area contributed by atoms with Crippen LogP contribution in [0.1, 0.15) is 5.56 Å². The lowest BCUT2D eigenvalue weighted by molar-refractivity contribution is 1.59. The second-order valence-corrected chi connectivity index (χ2v) is 3.55. The van der Waals surface area contributed by atoms with Gasteiger partial charge in [0.1, 0.15) is 0 Å². The molecule has 0 aromatic heterocycles. The third kappa shape index (κ3) is 2.29. The molecule has 0 radical (unpaired) electrons. The highest BCUT2D eigenvalue weighted by Gasteiger charge is 1.99. The van der Waals surface area contributed by atoms with Gasteiger partial charge in [0.15, 0.2) is 0 Å². The minimum absolute atomic E-state index is 1.22. The van der Waals surface area contributed by atoms with Crippen LogP contribution in [0.5, 0.6) is 0 Å². The molecule has 2 rings (SSSR count). The number of benzene rings is 2. The molecule has 0 aliphatic heterocycles. The summed E-state index contributed by atoms with van der Waals surface area (Å²) in [6.07, 6.45) is 5.83. The number of hydrogen-bond acceptors (Lipinski definition) is 0. The molecule has 0 fully saturated rings. The second kappa shape index (κ2) is 5.13. The van der Waals surface area contributed by atoms with Crippen molar-refractivity contribution < 1.29 is 0 Å². The summed E-state index contributed by atoms with van der Waals surface area (Å²) in [6, 6.07) is 18.8. The topological polar surface area (TPSA) is 0 Å². The van der Waals surface area contributed by atoms with Gasteiger partial charge in [-0.1, -0.05) is 79.4 Å². The van der Waals surface area contributed by atoms with E-state index in [0.717, 1.165) is 0 Å². The highest BCUT2D eigenvalue weighted by atomic mass is 14.0. The molecule has 0 amide bonds. The maximum atomic E-state index is 3.69. The highest BCUT2D eigenvalue weighted by molar-refractivity contribution is 5.75. The van der Waals surface area contributed by atoms with Crippen molar-refractivity contribution in [2.24, 2.45) is 0 Å². The summed E-state index contributed by atoms with van der Waals surface area (Å²) < 4.78 is 0. The minimum Gasteiger partial charge on any atom is -0.0991 e. The molecule has 0 N–H and O–H groups in total. The Balaban J connectivity index is 2.48. The third-order valence-corrected chi connectivity index (χ3v) is 2.46. The maximum Gasteiger partial charge on any atom is -0.0111 e. The standard InChI is InChI=1S/C16H14/c1-2-3-9-14-12-7-8-13-16(14)15-10-5-4-6-11-15/h2-13H,1H2/b9-3-. The van der Waals surface area contributed by atoms with Crippen molar-refractivity contribution in [3.8, 4) is 11.1 Å². The minimum atomic E-state index is 1.22. The van der Waals surface area contributed by atoms with Gasteiger partial charge in [0.05, 0.1) is 0 Å². The molecular formula is C16H14. The first kappa shape index (κ1) is 10.4. The van der Waals surface area contributed by atoms with Crippen LogP contribution in [0.15, 0.2) is 73.3 Å². The van der Waals surface area contributed by atoms with Gasteiger partial charge in [-0.05, 0) is 16.7 Å². The lowest BCUT2D eigenvalue weighted by Gasteiger charge is -2.05. The van der Waals surface area contributed by atoms with Crippen LogP contribution in [0.3, 0.4) is 0 Å². The fourth-order valence-electron chi connectivity index (χ4n) is 1.69. The molecule has 0 aliphatic rings. The number of allylic oxidation sites excluding steroid dienone is 2. The summed E-state index contributed by atoms with van der Waals surface area (Å²) >= 11 is 0. The van der Waals surface area contributed by atoms with E-state index in [-0.39, 0.29) is 0 Å². The van der Waals surface area contributed by atoms with Gasteiger partial charge in [-0.3, -0.25) is 0 Å². The molecule has 0 heterocycles. The summed E-state index contributed by atoms with van der Waals surface area (Å²) in [7, 11) is 0. The molecule has 0 bridgehead atoms. The molecule has 0 aliphatic carbocycles. The summed E-state index contributed by atoms with van der Waals surface area (Å²) in [5.41, 5.74) is 3.71. The van der Waals surface area contributed by atoms with Crippen molar-refractivity contribution in [3.05, 3.63) is 78.9 Å². The molecule has 0 saturated heterocycles. The van der Waals surface area contributed by atoms with Gasteiger partial charge in [-0.25, -0.2) is 0 Å². The Labute approximate surface area is 96.6 Å². The van der Waals surface area contributed by atoms with Gasteiger partial charge < -0.3 is 0 Å². The van der Waals surface area contributed by atoms with Crippen molar-refractivity contribution in [2.75, 3.05) is 0 Å². The van der Waals surface area contributed by atoms with Gasteiger partial charge in [0.25, 0.3) is 0 Å². The second-order valence-electron chi connectivity index (χ2n) is 3.55. The SMILES string of the molecule is C=C/C=C\c1ccccc1-c1ccccc1. The first-order chi connectivity index (χ1) is 7.92. The van der Waals surface area contributed by atoms with Crippen LogP contribution >= 0.6 is 0 Å². The molecule has 0 unspecified atom stereocenters. The zero-order chi connectivity index (χ0) is 11.2. The van der Waals surface area contributed by atoms with E-state index in [1.54, 1.807) is 6.08 Å². The van der Waals surface area contributed by atoms with Crippen LogP contribution in [0.25, 0.3) is 17.2 Å². The molecular weight excluding hydrogens is 192 g/mol. The van der Waals surface area contributed by atoms with E-state index in [0.29, 0.717) is 0 Å². The molecule has 2 aromatic carbocycles. The first-order valence-corrected chi connectivity index (χ1v) is 5.35. The number of hydrogen-bond donors (Lipinski definition) is 0. The third-order valence-electron chi connectivity index (χ3n) is 2.46. The van der Waals surface area contributed by atoms with Crippen LogP contribution in [0.4, 0.5) is 0 Å². The maximum absolute atomic E-state index is 3.69. The molecule has 16 heavy (non-hydrogen) atoms. The fraction of sp³-hybridized carbons (Fsp3) is 0.